The van der Waals surface area contributed by atoms with Crippen molar-refractivity contribution in [3.63, 3.8) is 0 Å². The number of ether oxygens (including phenoxy) is 2. The standard InChI is InChI=1S/C14H13F2NO2/c1-18-13-7-10(17)6-5-9(13)8-19-14-11(15)3-2-4-12(14)16/h2-7H,8,17H2,1H3. The molecule has 19 heavy (non-hydrogen) atoms. The Kier molecular flexibility index (Phi) is 3.85. The lowest BCUT2D eigenvalue weighted by Crippen LogP contribution is -2.02. The number of para-hydroxylation sites is 1. The van der Waals surface area contributed by atoms with Crippen LogP contribution in [0.15, 0.2) is 36.4 Å². The molecule has 0 aliphatic rings. The zero-order valence-corrected chi connectivity index (χ0v) is 10.3. The van der Waals surface area contributed by atoms with Crippen LogP contribution in [0, 0.1) is 11.6 Å². The second kappa shape index (κ2) is 5.56. The van der Waals surface area contributed by atoms with E-state index in [4.69, 9.17) is 15.2 Å². The van der Waals surface area contributed by atoms with Crippen LogP contribution < -0.4 is 15.2 Å². The van der Waals surface area contributed by atoms with Gasteiger partial charge in [0.05, 0.1) is 7.11 Å². The van der Waals surface area contributed by atoms with E-state index in [0.717, 1.165) is 12.1 Å². The van der Waals surface area contributed by atoms with Gasteiger partial charge in [-0.3, -0.25) is 0 Å². The number of hydrogen-bond donors (Lipinski definition) is 1. The highest BCUT2D eigenvalue weighted by Gasteiger charge is 2.11. The van der Waals surface area contributed by atoms with Crippen molar-refractivity contribution in [3.8, 4) is 11.5 Å². The minimum absolute atomic E-state index is 0.0126. The molecule has 0 spiro atoms. The summed E-state index contributed by atoms with van der Waals surface area (Å²) < 4.78 is 37.1. The summed E-state index contributed by atoms with van der Waals surface area (Å²) in [7, 11) is 1.49. The zero-order valence-electron chi connectivity index (χ0n) is 10.3. The maximum Gasteiger partial charge on any atom is 0.191 e. The Labute approximate surface area is 109 Å². The first-order chi connectivity index (χ1) is 9.11. The maximum atomic E-state index is 13.4. The smallest absolute Gasteiger partial charge is 0.191 e. The highest BCUT2D eigenvalue weighted by Crippen LogP contribution is 2.26. The molecule has 0 aliphatic heterocycles. The van der Waals surface area contributed by atoms with Crippen LogP contribution in [0.3, 0.4) is 0 Å². The lowest BCUT2D eigenvalue weighted by atomic mass is 10.2. The van der Waals surface area contributed by atoms with Gasteiger partial charge >= 0.3 is 0 Å². The van der Waals surface area contributed by atoms with E-state index in [1.807, 2.05) is 0 Å². The molecule has 100 valence electrons. The van der Waals surface area contributed by atoms with Gasteiger partial charge in [0.1, 0.15) is 12.4 Å². The Balaban J connectivity index is 2.19. The SMILES string of the molecule is COc1cc(N)ccc1COc1c(F)cccc1F. The molecule has 2 aromatic rings. The van der Waals surface area contributed by atoms with E-state index in [1.165, 1.54) is 13.2 Å². The first kappa shape index (κ1) is 13.1. The molecule has 0 amide bonds. The van der Waals surface area contributed by atoms with Gasteiger partial charge < -0.3 is 15.2 Å². The summed E-state index contributed by atoms with van der Waals surface area (Å²) in [4.78, 5) is 0. The molecule has 2 aromatic carbocycles. The summed E-state index contributed by atoms with van der Waals surface area (Å²) in [6, 6.07) is 8.53. The number of anilines is 1. The average Bonchev–Trinajstić information content (AvgIpc) is 2.39. The van der Waals surface area contributed by atoms with Gasteiger partial charge in [-0.1, -0.05) is 6.07 Å². The second-order valence-electron chi connectivity index (χ2n) is 3.91. The normalized spacial score (nSPS) is 10.3. The largest absolute Gasteiger partial charge is 0.496 e. The third kappa shape index (κ3) is 2.93. The number of benzene rings is 2. The van der Waals surface area contributed by atoms with Crippen molar-refractivity contribution in [2.75, 3.05) is 12.8 Å². The van der Waals surface area contributed by atoms with Crippen LogP contribution in [0.2, 0.25) is 0 Å². The van der Waals surface area contributed by atoms with Crippen molar-refractivity contribution in [3.05, 3.63) is 53.6 Å². The Morgan fingerprint density at radius 3 is 2.42 bits per heavy atom. The van der Waals surface area contributed by atoms with Gasteiger partial charge in [-0.05, 0) is 24.3 Å². The lowest BCUT2D eigenvalue weighted by molar-refractivity contribution is 0.268. The first-order valence-corrected chi connectivity index (χ1v) is 5.61. The highest BCUT2D eigenvalue weighted by atomic mass is 19.1. The van der Waals surface area contributed by atoms with Gasteiger partial charge in [0.2, 0.25) is 0 Å². The Bertz CT molecular complexity index is 567. The van der Waals surface area contributed by atoms with Crippen LogP contribution in [0.25, 0.3) is 0 Å². The number of halogens is 2. The van der Waals surface area contributed by atoms with Crippen molar-refractivity contribution in [1.29, 1.82) is 0 Å². The van der Waals surface area contributed by atoms with E-state index in [9.17, 15) is 8.78 Å². The Hall–Kier alpha value is -2.30. The molecule has 2 N–H and O–H groups in total. The lowest BCUT2D eigenvalue weighted by Gasteiger charge is -2.11. The van der Waals surface area contributed by atoms with Crippen LogP contribution >= 0.6 is 0 Å². The van der Waals surface area contributed by atoms with Crippen LogP contribution in [0.5, 0.6) is 11.5 Å². The molecule has 0 atom stereocenters. The quantitative estimate of drug-likeness (QED) is 0.864. The fraction of sp³-hybridized carbons (Fsp3) is 0.143. The molecule has 0 saturated carbocycles. The van der Waals surface area contributed by atoms with Gasteiger partial charge in [-0.15, -0.1) is 0 Å². The molecule has 0 radical (unpaired) electrons. The van der Waals surface area contributed by atoms with E-state index in [2.05, 4.69) is 0 Å². The Morgan fingerprint density at radius 1 is 1.11 bits per heavy atom. The van der Waals surface area contributed by atoms with Gasteiger partial charge in [-0.25, -0.2) is 8.78 Å². The number of methoxy groups -OCH3 is 1. The molecule has 0 bridgehead atoms. The van der Waals surface area contributed by atoms with Crippen LogP contribution in [0.1, 0.15) is 5.56 Å². The summed E-state index contributed by atoms with van der Waals surface area (Å²) in [6.45, 7) is -0.0126. The van der Waals surface area contributed by atoms with Crippen LogP contribution in [-0.4, -0.2) is 7.11 Å². The van der Waals surface area contributed by atoms with Gasteiger partial charge in [-0.2, -0.15) is 0 Å². The fourth-order valence-electron chi connectivity index (χ4n) is 1.65. The summed E-state index contributed by atoms with van der Waals surface area (Å²) in [5, 5.41) is 0. The Morgan fingerprint density at radius 2 is 1.79 bits per heavy atom. The predicted molar refractivity (Wildman–Crippen MR) is 68.1 cm³/mol. The maximum absolute atomic E-state index is 13.4. The topological polar surface area (TPSA) is 44.5 Å². The minimum atomic E-state index is -0.741. The summed E-state index contributed by atoms with van der Waals surface area (Å²) in [5.74, 6) is -1.37. The monoisotopic (exact) mass is 265 g/mol. The predicted octanol–water partition coefficient (Wildman–Crippen LogP) is 3.13. The van der Waals surface area contributed by atoms with E-state index in [1.54, 1.807) is 18.2 Å². The summed E-state index contributed by atoms with van der Waals surface area (Å²) >= 11 is 0. The molecule has 0 aromatic heterocycles. The molecule has 0 saturated heterocycles. The molecule has 0 fully saturated rings. The van der Waals surface area contributed by atoms with Crippen molar-refractivity contribution in [2.24, 2.45) is 0 Å². The van der Waals surface area contributed by atoms with E-state index in [-0.39, 0.29) is 6.61 Å². The number of rotatable bonds is 4. The zero-order chi connectivity index (χ0) is 13.8. The summed E-state index contributed by atoms with van der Waals surface area (Å²) in [6.07, 6.45) is 0. The van der Waals surface area contributed by atoms with E-state index < -0.39 is 17.4 Å². The van der Waals surface area contributed by atoms with Gasteiger partial charge in [0.15, 0.2) is 17.4 Å². The third-order valence-electron chi connectivity index (χ3n) is 2.60. The van der Waals surface area contributed by atoms with Crippen molar-refractivity contribution >= 4 is 5.69 Å². The fourth-order valence-corrected chi connectivity index (χ4v) is 1.65. The molecule has 0 unspecified atom stereocenters. The second-order valence-corrected chi connectivity index (χ2v) is 3.91. The first-order valence-electron chi connectivity index (χ1n) is 5.61. The van der Waals surface area contributed by atoms with E-state index in [0.29, 0.717) is 17.0 Å². The molecular weight excluding hydrogens is 252 g/mol. The third-order valence-corrected chi connectivity index (χ3v) is 2.60. The van der Waals surface area contributed by atoms with Crippen molar-refractivity contribution in [1.82, 2.24) is 0 Å². The van der Waals surface area contributed by atoms with E-state index >= 15 is 0 Å². The summed E-state index contributed by atoms with van der Waals surface area (Å²) in [5.41, 5.74) is 6.81. The van der Waals surface area contributed by atoms with Crippen molar-refractivity contribution < 1.29 is 18.3 Å². The number of nitrogens with two attached hydrogens (primary N) is 1. The van der Waals surface area contributed by atoms with Gasteiger partial charge in [0.25, 0.3) is 0 Å². The van der Waals surface area contributed by atoms with Crippen LogP contribution in [-0.2, 0) is 6.61 Å². The molecular formula is C14H13F2NO2. The van der Waals surface area contributed by atoms with Gasteiger partial charge in [0, 0.05) is 17.3 Å². The number of hydrogen-bond acceptors (Lipinski definition) is 3. The minimum Gasteiger partial charge on any atom is -0.496 e. The highest BCUT2D eigenvalue weighted by molar-refractivity contribution is 5.48. The molecule has 0 aliphatic carbocycles. The number of nitrogen functional groups attached to an aromatic ring is 1. The van der Waals surface area contributed by atoms with Crippen LogP contribution in [0.4, 0.5) is 14.5 Å². The van der Waals surface area contributed by atoms with Crippen molar-refractivity contribution in [2.45, 2.75) is 6.61 Å². The molecule has 5 heteroatoms. The molecule has 2 rings (SSSR count). The average molecular weight is 265 g/mol. The molecule has 3 nitrogen and oxygen atoms in total. The molecule has 0 heterocycles.